The second-order valence-corrected chi connectivity index (χ2v) is 3.35. The van der Waals surface area contributed by atoms with Crippen molar-refractivity contribution in [1.29, 1.82) is 5.26 Å². The normalized spacial score (nSPS) is 14.7. The van der Waals surface area contributed by atoms with Crippen LogP contribution in [0.5, 0.6) is 0 Å². The molecule has 0 aliphatic heterocycles. The van der Waals surface area contributed by atoms with Crippen LogP contribution in [0.1, 0.15) is 29.7 Å². The van der Waals surface area contributed by atoms with E-state index in [4.69, 9.17) is 11.0 Å². The summed E-state index contributed by atoms with van der Waals surface area (Å²) in [5, 5.41) is 8.75. The maximum atomic E-state index is 8.75. The van der Waals surface area contributed by atoms with Gasteiger partial charge in [0.05, 0.1) is 5.56 Å². The fourth-order valence-electron chi connectivity index (χ4n) is 1.74. The molecule has 0 saturated heterocycles. The highest BCUT2D eigenvalue weighted by Gasteiger charge is 2.13. The van der Waals surface area contributed by atoms with E-state index in [9.17, 15) is 0 Å². The van der Waals surface area contributed by atoms with Gasteiger partial charge in [-0.25, -0.2) is 4.98 Å². The molecule has 1 aromatic heterocycles. The molecule has 13 heavy (non-hydrogen) atoms. The van der Waals surface area contributed by atoms with Crippen molar-refractivity contribution >= 4 is 5.82 Å². The van der Waals surface area contributed by atoms with E-state index in [1.165, 1.54) is 18.4 Å². The van der Waals surface area contributed by atoms with Crippen LogP contribution in [-0.2, 0) is 12.8 Å². The number of pyridine rings is 1. The number of nitrogens with zero attached hydrogens (tertiary/aromatic N) is 2. The van der Waals surface area contributed by atoms with E-state index in [1.807, 2.05) is 6.07 Å². The first-order valence-electron chi connectivity index (χ1n) is 4.49. The topological polar surface area (TPSA) is 62.7 Å². The Balaban J connectivity index is 2.52. The van der Waals surface area contributed by atoms with E-state index >= 15 is 0 Å². The molecular formula is C10H11N3. The fraction of sp³-hybridized carbons (Fsp3) is 0.400. The van der Waals surface area contributed by atoms with Gasteiger partial charge in [0.15, 0.2) is 0 Å². The van der Waals surface area contributed by atoms with Crippen molar-refractivity contribution in [3.8, 4) is 6.07 Å². The minimum Gasteiger partial charge on any atom is -0.383 e. The lowest BCUT2D eigenvalue weighted by atomic mass is 9.95. The molecule has 0 saturated carbocycles. The van der Waals surface area contributed by atoms with Crippen molar-refractivity contribution in [1.82, 2.24) is 4.98 Å². The van der Waals surface area contributed by atoms with Gasteiger partial charge in [0.2, 0.25) is 0 Å². The number of nitrogens with two attached hydrogens (primary N) is 1. The van der Waals surface area contributed by atoms with Gasteiger partial charge in [-0.3, -0.25) is 0 Å². The lowest BCUT2D eigenvalue weighted by molar-refractivity contribution is 0.668. The Morgan fingerprint density at radius 2 is 2.15 bits per heavy atom. The third-order valence-electron chi connectivity index (χ3n) is 2.45. The number of aryl methyl sites for hydroxylation is 2. The first-order valence-corrected chi connectivity index (χ1v) is 4.49. The third kappa shape index (κ3) is 1.35. The number of nitrogen functional groups attached to an aromatic ring is 1. The van der Waals surface area contributed by atoms with E-state index in [2.05, 4.69) is 11.1 Å². The van der Waals surface area contributed by atoms with Crippen LogP contribution in [0.15, 0.2) is 6.07 Å². The zero-order valence-corrected chi connectivity index (χ0v) is 7.38. The molecule has 0 atom stereocenters. The number of nitriles is 1. The Morgan fingerprint density at radius 1 is 1.38 bits per heavy atom. The lowest BCUT2D eigenvalue weighted by Crippen LogP contribution is -2.08. The number of hydrogen-bond donors (Lipinski definition) is 1. The molecule has 3 nitrogen and oxygen atoms in total. The molecule has 0 spiro atoms. The van der Waals surface area contributed by atoms with Crippen molar-refractivity contribution in [2.75, 3.05) is 5.73 Å². The second-order valence-electron chi connectivity index (χ2n) is 3.35. The van der Waals surface area contributed by atoms with Gasteiger partial charge in [0, 0.05) is 5.69 Å². The van der Waals surface area contributed by atoms with Crippen molar-refractivity contribution in [2.24, 2.45) is 0 Å². The smallest absolute Gasteiger partial charge is 0.141 e. The number of anilines is 1. The van der Waals surface area contributed by atoms with Crippen LogP contribution >= 0.6 is 0 Å². The summed E-state index contributed by atoms with van der Waals surface area (Å²) < 4.78 is 0. The van der Waals surface area contributed by atoms with Crippen LogP contribution in [-0.4, -0.2) is 4.98 Å². The predicted octanol–water partition coefficient (Wildman–Crippen LogP) is 1.41. The van der Waals surface area contributed by atoms with Gasteiger partial charge in [-0.1, -0.05) is 0 Å². The van der Waals surface area contributed by atoms with Crippen molar-refractivity contribution in [2.45, 2.75) is 25.7 Å². The molecule has 66 valence electrons. The van der Waals surface area contributed by atoms with Crippen LogP contribution in [0.2, 0.25) is 0 Å². The zero-order chi connectivity index (χ0) is 9.26. The number of fused-ring (bicyclic) bond motifs is 1. The highest BCUT2D eigenvalue weighted by Crippen LogP contribution is 2.22. The molecule has 1 heterocycles. The van der Waals surface area contributed by atoms with Crippen molar-refractivity contribution in [3.63, 3.8) is 0 Å². The van der Waals surface area contributed by atoms with Gasteiger partial charge in [-0.2, -0.15) is 5.26 Å². The van der Waals surface area contributed by atoms with Crippen LogP contribution < -0.4 is 5.73 Å². The lowest BCUT2D eigenvalue weighted by Gasteiger charge is -2.15. The summed E-state index contributed by atoms with van der Waals surface area (Å²) in [4.78, 5) is 4.24. The molecule has 0 unspecified atom stereocenters. The molecule has 0 aromatic carbocycles. The van der Waals surface area contributed by atoms with Crippen LogP contribution in [0.3, 0.4) is 0 Å². The summed E-state index contributed by atoms with van der Waals surface area (Å²) in [7, 11) is 0. The highest BCUT2D eigenvalue weighted by atomic mass is 14.8. The molecule has 0 radical (unpaired) electrons. The van der Waals surface area contributed by atoms with Crippen LogP contribution in [0.25, 0.3) is 0 Å². The van der Waals surface area contributed by atoms with Gasteiger partial charge < -0.3 is 5.73 Å². The van der Waals surface area contributed by atoms with Gasteiger partial charge in [0.25, 0.3) is 0 Å². The van der Waals surface area contributed by atoms with Crippen molar-refractivity contribution < 1.29 is 0 Å². The first kappa shape index (κ1) is 8.06. The summed E-state index contributed by atoms with van der Waals surface area (Å²) in [6, 6.07) is 3.94. The summed E-state index contributed by atoms with van der Waals surface area (Å²) in [6.07, 6.45) is 4.43. The summed E-state index contributed by atoms with van der Waals surface area (Å²) in [5.74, 6) is 0.378. The maximum absolute atomic E-state index is 8.75. The fourth-order valence-corrected chi connectivity index (χ4v) is 1.74. The summed E-state index contributed by atoms with van der Waals surface area (Å²) >= 11 is 0. The highest BCUT2D eigenvalue weighted by molar-refractivity contribution is 5.51. The average molecular weight is 173 g/mol. The Labute approximate surface area is 77.2 Å². The van der Waals surface area contributed by atoms with Gasteiger partial charge in [-0.05, 0) is 37.3 Å². The minimum absolute atomic E-state index is 0.378. The molecule has 1 aliphatic rings. The predicted molar refractivity (Wildman–Crippen MR) is 50.0 cm³/mol. The summed E-state index contributed by atoms with van der Waals surface area (Å²) in [6.45, 7) is 0. The molecule has 1 aromatic rings. The molecule has 3 heteroatoms. The quantitative estimate of drug-likeness (QED) is 0.645. The molecule has 1 aliphatic carbocycles. The number of aromatic nitrogens is 1. The standard InChI is InChI=1S/C10H11N3/c11-6-8-5-7-3-1-2-4-9(7)13-10(8)12/h5H,1-4H2,(H2,12,13). The van der Waals surface area contributed by atoms with E-state index in [0.29, 0.717) is 11.4 Å². The SMILES string of the molecule is N#Cc1cc2c(nc1N)CCCC2. The summed E-state index contributed by atoms with van der Waals surface area (Å²) in [5.41, 5.74) is 8.43. The molecule has 2 rings (SSSR count). The van der Waals surface area contributed by atoms with Gasteiger partial charge >= 0.3 is 0 Å². The zero-order valence-electron chi connectivity index (χ0n) is 7.38. The van der Waals surface area contributed by atoms with E-state index in [0.717, 1.165) is 18.5 Å². The van der Waals surface area contributed by atoms with Gasteiger partial charge in [0.1, 0.15) is 11.9 Å². The maximum Gasteiger partial charge on any atom is 0.141 e. The van der Waals surface area contributed by atoms with Crippen molar-refractivity contribution in [3.05, 3.63) is 22.9 Å². The van der Waals surface area contributed by atoms with E-state index in [1.54, 1.807) is 0 Å². The number of hydrogen-bond acceptors (Lipinski definition) is 3. The van der Waals surface area contributed by atoms with Crippen LogP contribution in [0, 0.1) is 11.3 Å². The Bertz CT molecular complexity index is 376. The number of rotatable bonds is 0. The van der Waals surface area contributed by atoms with E-state index < -0.39 is 0 Å². The molecule has 0 amide bonds. The monoisotopic (exact) mass is 173 g/mol. The largest absolute Gasteiger partial charge is 0.383 e. The average Bonchev–Trinajstić information content (AvgIpc) is 2.17. The van der Waals surface area contributed by atoms with E-state index in [-0.39, 0.29) is 0 Å². The first-order chi connectivity index (χ1) is 6.31. The minimum atomic E-state index is 0.378. The second kappa shape index (κ2) is 3.06. The Kier molecular flexibility index (Phi) is 1.90. The molecule has 0 bridgehead atoms. The molecule has 2 N–H and O–H groups in total. The van der Waals surface area contributed by atoms with Gasteiger partial charge in [-0.15, -0.1) is 0 Å². The Hall–Kier alpha value is -1.56. The van der Waals surface area contributed by atoms with Crippen LogP contribution in [0.4, 0.5) is 5.82 Å². The Morgan fingerprint density at radius 3 is 2.92 bits per heavy atom. The molecule has 0 fully saturated rings. The third-order valence-corrected chi connectivity index (χ3v) is 2.45. The molecular weight excluding hydrogens is 162 g/mol.